The van der Waals surface area contributed by atoms with Crippen molar-refractivity contribution in [3.05, 3.63) is 229 Å². The first-order valence-electron chi connectivity index (χ1n) is 21.7. The van der Waals surface area contributed by atoms with Crippen molar-refractivity contribution < 1.29 is 4.42 Å². The summed E-state index contributed by atoms with van der Waals surface area (Å²) in [6.45, 7) is 0. The highest BCUT2D eigenvalue weighted by Gasteiger charge is 2.21. The minimum absolute atomic E-state index is 0.690. The van der Waals surface area contributed by atoms with Gasteiger partial charge < -0.3 is 4.42 Å². The highest BCUT2D eigenvalue weighted by molar-refractivity contribution is 6.07. The van der Waals surface area contributed by atoms with Gasteiger partial charge in [-0.2, -0.15) is 0 Å². The Morgan fingerprint density at radius 1 is 0.317 bits per heavy atom. The van der Waals surface area contributed by atoms with Crippen LogP contribution in [-0.4, -0.2) is 9.97 Å². The van der Waals surface area contributed by atoms with Gasteiger partial charge in [0.2, 0.25) is 0 Å². The molecule has 0 aliphatic heterocycles. The van der Waals surface area contributed by atoms with Crippen molar-refractivity contribution in [2.24, 2.45) is 0 Å². The summed E-state index contributed by atoms with van der Waals surface area (Å²) in [5.41, 5.74) is 26.9. The van der Waals surface area contributed by atoms with Crippen LogP contribution in [0.2, 0.25) is 0 Å². The Hall–Kier alpha value is -8.14. The normalized spacial score (nSPS) is 12.3. The molecule has 0 saturated heterocycles. The molecule has 0 N–H and O–H groups in total. The molecule has 0 unspecified atom stereocenters. The van der Waals surface area contributed by atoms with Gasteiger partial charge in [-0.1, -0.05) is 164 Å². The molecule has 0 radical (unpaired) electrons. The zero-order valence-corrected chi connectivity index (χ0v) is 34.3. The highest BCUT2D eigenvalue weighted by Crippen LogP contribution is 2.42. The van der Waals surface area contributed by atoms with E-state index < -0.39 is 0 Å². The van der Waals surface area contributed by atoms with Crippen LogP contribution >= 0.6 is 0 Å². The van der Waals surface area contributed by atoms with E-state index in [-0.39, 0.29) is 0 Å². The van der Waals surface area contributed by atoms with Crippen LogP contribution < -0.4 is 0 Å². The maximum Gasteiger partial charge on any atom is 0.180 e. The van der Waals surface area contributed by atoms with Gasteiger partial charge >= 0.3 is 0 Å². The van der Waals surface area contributed by atoms with Gasteiger partial charge in [0.15, 0.2) is 5.58 Å². The van der Waals surface area contributed by atoms with Crippen LogP contribution in [-0.2, 0) is 12.8 Å². The highest BCUT2D eigenvalue weighted by atomic mass is 16.3. The molecule has 3 heteroatoms. The van der Waals surface area contributed by atoms with Crippen LogP contribution in [0.15, 0.2) is 211 Å². The smallest absolute Gasteiger partial charge is 0.180 e. The quantitative estimate of drug-likeness (QED) is 0.168. The molecular weight excluding hydrogens is 765 g/mol. The molecule has 13 rings (SSSR count). The maximum atomic E-state index is 6.58. The second kappa shape index (κ2) is 14.2. The number of furan rings is 1. The van der Waals surface area contributed by atoms with Gasteiger partial charge in [-0.3, -0.25) is 0 Å². The topological polar surface area (TPSA) is 38.9 Å². The minimum Gasteiger partial charge on any atom is -0.452 e. The summed E-state index contributed by atoms with van der Waals surface area (Å²) in [4.78, 5) is 9.59. The molecule has 3 nitrogen and oxygen atoms in total. The van der Waals surface area contributed by atoms with Gasteiger partial charge in [-0.25, -0.2) is 9.97 Å². The summed E-state index contributed by atoms with van der Waals surface area (Å²) in [5, 5.41) is 0.971. The number of rotatable bonds is 6. The molecule has 0 atom stereocenters. The molecule has 2 aromatic heterocycles. The molecule has 2 aliphatic carbocycles. The lowest BCUT2D eigenvalue weighted by Gasteiger charge is -2.10. The Morgan fingerprint density at radius 2 is 0.730 bits per heavy atom. The van der Waals surface area contributed by atoms with Gasteiger partial charge in [0.05, 0.1) is 0 Å². The van der Waals surface area contributed by atoms with E-state index in [4.69, 9.17) is 14.4 Å². The average molecular weight is 803 g/mol. The zero-order chi connectivity index (χ0) is 41.4. The summed E-state index contributed by atoms with van der Waals surface area (Å²) >= 11 is 0. The Balaban J connectivity index is 0.798. The van der Waals surface area contributed by atoms with Crippen LogP contribution in [0.3, 0.4) is 0 Å². The third-order valence-corrected chi connectivity index (χ3v) is 13.2. The first kappa shape index (κ1) is 35.6. The lowest BCUT2D eigenvalue weighted by molar-refractivity contribution is 0.667. The monoisotopic (exact) mass is 802 g/mol. The first-order valence-corrected chi connectivity index (χ1v) is 21.7. The van der Waals surface area contributed by atoms with Crippen LogP contribution in [0.4, 0.5) is 0 Å². The fraction of sp³-hybridized carbons (Fsp3) is 0.0333. The molecule has 294 valence electrons. The van der Waals surface area contributed by atoms with Crippen molar-refractivity contribution in [1.29, 1.82) is 0 Å². The van der Waals surface area contributed by atoms with Crippen molar-refractivity contribution in [2.45, 2.75) is 12.8 Å². The fourth-order valence-electron chi connectivity index (χ4n) is 10.1. The van der Waals surface area contributed by atoms with E-state index in [1.54, 1.807) is 6.33 Å². The molecule has 63 heavy (non-hydrogen) atoms. The SMILES string of the molecule is c1cc(-c2cccc(-c3ccc4oc5c(-c6cccc(-c7cccc(-c8ccc9c(c8)Cc8ccccc8-9)c7)c6)ncnc5c4c3)c2)cc(-c2ccc3c(c2)Cc2ccccc2-3)c1. The predicted molar refractivity (Wildman–Crippen MR) is 258 cm³/mol. The summed E-state index contributed by atoms with van der Waals surface area (Å²) in [5.74, 6) is 0. The van der Waals surface area contributed by atoms with E-state index in [9.17, 15) is 0 Å². The summed E-state index contributed by atoms with van der Waals surface area (Å²) in [6.07, 6.45) is 3.63. The molecule has 9 aromatic carbocycles. The summed E-state index contributed by atoms with van der Waals surface area (Å²) in [7, 11) is 0. The van der Waals surface area contributed by atoms with Crippen LogP contribution in [0, 0.1) is 0 Å². The van der Waals surface area contributed by atoms with Gasteiger partial charge in [-0.05, 0) is 149 Å². The molecule has 2 aliphatic rings. The molecule has 0 bridgehead atoms. The van der Waals surface area contributed by atoms with E-state index in [1.807, 2.05) is 0 Å². The van der Waals surface area contributed by atoms with Crippen LogP contribution in [0.1, 0.15) is 22.3 Å². The number of benzene rings is 9. The summed E-state index contributed by atoms with van der Waals surface area (Å²) in [6, 6.07) is 72.9. The molecule has 0 fully saturated rings. The number of hydrogen-bond donors (Lipinski definition) is 0. The van der Waals surface area contributed by atoms with Crippen molar-refractivity contribution >= 4 is 22.1 Å². The average Bonchev–Trinajstić information content (AvgIpc) is 4.05. The number of aromatic nitrogens is 2. The molecule has 0 spiro atoms. The van der Waals surface area contributed by atoms with Gasteiger partial charge in [0.25, 0.3) is 0 Å². The lowest BCUT2D eigenvalue weighted by atomic mass is 9.94. The number of hydrogen-bond acceptors (Lipinski definition) is 3. The van der Waals surface area contributed by atoms with Crippen LogP contribution in [0.25, 0.3) is 111 Å². The Kier molecular flexibility index (Phi) is 8.04. The summed E-state index contributed by atoms with van der Waals surface area (Å²) < 4.78 is 6.58. The van der Waals surface area contributed by atoms with E-state index in [2.05, 4.69) is 200 Å². The fourth-order valence-corrected chi connectivity index (χ4v) is 10.1. The minimum atomic E-state index is 0.690. The van der Waals surface area contributed by atoms with Crippen LogP contribution in [0.5, 0.6) is 0 Å². The van der Waals surface area contributed by atoms with E-state index in [0.29, 0.717) is 5.58 Å². The van der Waals surface area contributed by atoms with Crippen molar-refractivity contribution in [3.8, 4) is 89.1 Å². The second-order valence-electron chi connectivity index (χ2n) is 16.9. The van der Waals surface area contributed by atoms with Gasteiger partial charge in [-0.15, -0.1) is 0 Å². The largest absolute Gasteiger partial charge is 0.452 e. The Bertz CT molecular complexity index is 3650. The third-order valence-electron chi connectivity index (χ3n) is 13.2. The van der Waals surface area contributed by atoms with E-state index in [1.165, 1.54) is 77.9 Å². The molecule has 11 aromatic rings. The third kappa shape index (κ3) is 6.04. The van der Waals surface area contributed by atoms with Crippen molar-refractivity contribution in [1.82, 2.24) is 9.97 Å². The molecular formula is C60H38N2O. The number of fused-ring (bicyclic) bond motifs is 9. The second-order valence-corrected chi connectivity index (χ2v) is 16.9. The zero-order valence-electron chi connectivity index (χ0n) is 34.3. The van der Waals surface area contributed by atoms with E-state index in [0.717, 1.165) is 62.8 Å². The van der Waals surface area contributed by atoms with Gasteiger partial charge in [0, 0.05) is 10.9 Å². The molecule has 0 amide bonds. The lowest BCUT2D eigenvalue weighted by Crippen LogP contribution is -1.88. The first-order chi connectivity index (χ1) is 31.2. The predicted octanol–water partition coefficient (Wildman–Crippen LogP) is 15.5. The van der Waals surface area contributed by atoms with E-state index >= 15 is 0 Å². The molecule has 2 heterocycles. The standard InChI is InChI=1S/C60H38N2O/c1-3-19-52-47(9-1)33-50-31-44(21-24-54(50)52)40-14-5-11-37(27-40)38-12-7-16-42(29-38)46-23-26-57-56(35-46)59-60(63-57)58(61-36-62-59)49-18-8-17-43(30-49)39-13-6-15-41(28-39)45-22-25-55-51(32-45)34-48-10-2-4-20-53(48)55/h1-32,35-36H,33-34H2. The Morgan fingerprint density at radius 3 is 1.25 bits per heavy atom. The molecule has 0 saturated carbocycles. The van der Waals surface area contributed by atoms with Crippen molar-refractivity contribution in [3.63, 3.8) is 0 Å². The maximum absolute atomic E-state index is 6.58. The number of nitrogens with zero attached hydrogens (tertiary/aromatic N) is 2. The van der Waals surface area contributed by atoms with Crippen molar-refractivity contribution in [2.75, 3.05) is 0 Å². The van der Waals surface area contributed by atoms with Gasteiger partial charge in [0.1, 0.15) is 23.1 Å². The Labute approximate surface area is 365 Å².